The third-order valence-corrected chi connectivity index (χ3v) is 9.98. The van der Waals surface area contributed by atoms with Crippen LogP contribution in [0.5, 0.6) is 0 Å². The Hall–Kier alpha value is -2.88. The number of carbonyl (C=O) groups is 4. The van der Waals surface area contributed by atoms with E-state index in [1.54, 1.807) is 0 Å². The lowest BCUT2D eigenvalue weighted by atomic mass is 9.71. The molecule has 0 spiro atoms. The van der Waals surface area contributed by atoms with Gasteiger partial charge in [-0.25, -0.2) is 0 Å². The standard InChI is InChI=1S/C40H56O4/c1-8-13-31(37(42)12-5)19-17-28-16-18-30(10-3)35(23-28)34-20-15-26(6)40-36(34)24-29(25-39(40)44)22-32(14-9-2)33(11-4)38(43)21-27(7)41/h15-16,18,20,23,29,31-33H,8-14,17,19,21-22,24-25H2,1-7H3. The van der Waals surface area contributed by atoms with Gasteiger partial charge in [0.2, 0.25) is 0 Å². The van der Waals surface area contributed by atoms with Crippen molar-refractivity contribution in [2.24, 2.45) is 23.7 Å². The summed E-state index contributed by atoms with van der Waals surface area (Å²) in [6.45, 7) is 14.0. The van der Waals surface area contributed by atoms with Crippen LogP contribution in [0.1, 0.15) is 138 Å². The first-order valence-corrected chi connectivity index (χ1v) is 17.4. The smallest absolute Gasteiger partial charge is 0.163 e. The third kappa shape index (κ3) is 8.86. The number of benzene rings is 2. The summed E-state index contributed by atoms with van der Waals surface area (Å²) in [6, 6.07) is 11.1. The predicted molar refractivity (Wildman–Crippen MR) is 181 cm³/mol. The van der Waals surface area contributed by atoms with Crippen LogP contribution < -0.4 is 0 Å². The van der Waals surface area contributed by atoms with E-state index < -0.39 is 0 Å². The van der Waals surface area contributed by atoms with Gasteiger partial charge in [0.15, 0.2) is 5.78 Å². The Bertz CT molecular complexity index is 1320. The number of hydrogen-bond donors (Lipinski definition) is 0. The van der Waals surface area contributed by atoms with Crippen LogP contribution >= 0.6 is 0 Å². The topological polar surface area (TPSA) is 68.3 Å². The quantitative estimate of drug-likeness (QED) is 0.160. The lowest BCUT2D eigenvalue weighted by Gasteiger charge is -2.33. The van der Waals surface area contributed by atoms with Crippen molar-refractivity contribution in [1.82, 2.24) is 0 Å². The van der Waals surface area contributed by atoms with Gasteiger partial charge in [-0.15, -0.1) is 0 Å². The molecule has 0 fully saturated rings. The fourth-order valence-corrected chi connectivity index (χ4v) is 7.77. The molecule has 0 aromatic heterocycles. The zero-order valence-corrected chi connectivity index (χ0v) is 28.5. The van der Waals surface area contributed by atoms with Gasteiger partial charge in [-0.1, -0.05) is 84.2 Å². The van der Waals surface area contributed by atoms with E-state index in [0.717, 1.165) is 86.5 Å². The van der Waals surface area contributed by atoms with E-state index in [1.807, 2.05) is 13.8 Å². The first-order chi connectivity index (χ1) is 21.1. The highest BCUT2D eigenvalue weighted by atomic mass is 16.1. The van der Waals surface area contributed by atoms with Crippen molar-refractivity contribution in [2.75, 3.05) is 0 Å². The largest absolute Gasteiger partial charge is 0.300 e. The van der Waals surface area contributed by atoms with E-state index in [2.05, 4.69) is 58.0 Å². The van der Waals surface area contributed by atoms with Gasteiger partial charge < -0.3 is 0 Å². The fourth-order valence-electron chi connectivity index (χ4n) is 7.77. The molecule has 0 heterocycles. The molecule has 4 heteroatoms. The normalized spacial score (nSPS) is 16.7. The lowest BCUT2D eigenvalue weighted by Crippen LogP contribution is -2.30. The molecule has 4 nitrogen and oxygen atoms in total. The number of rotatable bonds is 18. The summed E-state index contributed by atoms with van der Waals surface area (Å²) in [5.74, 6) is 0.908. The molecule has 1 aliphatic rings. The zero-order valence-electron chi connectivity index (χ0n) is 28.5. The first-order valence-electron chi connectivity index (χ1n) is 17.4. The molecule has 0 aliphatic heterocycles. The Morgan fingerprint density at radius 2 is 1.59 bits per heavy atom. The van der Waals surface area contributed by atoms with Crippen molar-refractivity contribution in [3.05, 3.63) is 58.1 Å². The van der Waals surface area contributed by atoms with Crippen LogP contribution in [0.2, 0.25) is 0 Å². The fraction of sp³-hybridized carbons (Fsp3) is 0.600. The maximum Gasteiger partial charge on any atom is 0.163 e. The average molecular weight is 601 g/mol. The number of fused-ring (bicyclic) bond motifs is 1. The monoisotopic (exact) mass is 600 g/mol. The zero-order chi connectivity index (χ0) is 32.4. The van der Waals surface area contributed by atoms with Crippen molar-refractivity contribution >= 4 is 23.1 Å². The Morgan fingerprint density at radius 1 is 0.864 bits per heavy atom. The second-order valence-electron chi connectivity index (χ2n) is 13.3. The molecule has 4 unspecified atom stereocenters. The highest BCUT2D eigenvalue weighted by molar-refractivity contribution is 6.02. The molecule has 2 aromatic carbocycles. The van der Waals surface area contributed by atoms with E-state index in [0.29, 0.717) is 18.6 Å². The molecule has 0 N–H and O–H groups in total. The summed E-state index contributed by atoms with van der Waals surface area (Å²) in [7, 11) is 0. The average Bonchev–Trinajstić information content (AvgIpc) is 2.98. The molecule has 0 amide bonds. The predicted octanol–water partition coefficient (Wildman–Crippen LogP) is 9.68. The molecule has 0 saturated carbocycles. The van der Waals surface area contributed by atoms with Crippen LogP contribution in [0, 0.1) is 30.6 Å². The van der Waals surface area contributed by atoms with Gasteiger partial charge in [-0.05, 0) is 104 Å². The van der Waals surface area contributed by atoms with Gasteiger partial charge >= 0.3 is 0 Å². The first kappa shape index (κ1) is 35.6. The van der Waals surface area contributed by atoms with Gasteiger partial charge in [0.1, 0.15) is 17.3 Å². The van der Waals surface area contributed by atoms with Crippen molar-refractivity contribution in [3.63, 3.8) is 0 Å². The Kier molecular flexibility index (Phi) is 13.7. The van der Waals surface area contributed by atoms with Crippen molar-refractivity contribution in [3.8, 4) is 11.1 Å². The molecular weight excluding hydrogens is 544 g/mol. The van der Waals surface area contributed by atoms with Gasteiger partial charge in [0.05, 0.1) is 6.42 Å². The number of aryl methyl sites for hydroxylation is 3. The molecular formula is C40H56O4. The maximum absolute atomic E-state index is 13.8. The number of Topliss-reactive ketones (excluding diaryl/α,β-unsaturated/α-hetero) is 4. The van der Waals surface area contributed by atoms with E-state index in [1.165, 1.54) is 23.6 Å². The van der Waals surface area contributed by atoms with Gasteiger partial charge in [-0.3, -0.25) is 19.2 Å². The van der Waals surface area contributed by atoms with E-state index in [-0.39, 0.29) is 47.4 Å². The van der Waals surface area contributed by atoms with Gasteiger partial charge in [0.25, 0.3) is 0 Å². The summed E-state index contributed by atoms with van der Waals surface area (Å²) >= 11 is 0. The second kappa shape index (κ2) is 17.0. The molecule has 240 valence electrons. The molecule has 0 bridgehead atoms. The maximum atomic E-state index is 13.8. The van der Waals surface area contributed by atoms with Crippen LogP contribution in [-0.4, -0.2) is 23.1 Å². The Labute approximate surface area is 266 Å². The molecule has 0 saturated heterocycles. The summed E-state index contributed by atoms with van der Waals surface area (Å²) in [6.07, 6.45) is 10.0. The molecule has 1 aliphatic carbocycles. The Balaban J connectivity index is 1.97. The van der Waals surface area contributed by atoms with Crippen molar-refractivity contribution in [1.29, 1.82) is 0 Å². The lowest BCUT2D eigenvalue weighted by molar-refractivity contribution is -0.130. The summed E-state index contributed by atoms with van der Waals surface area (Å²) in [4.78, 5) is 51.2. The SMILES string of the molecule is CCCC(CCc1ccc(CC)c(-c2ccc(C)c3c2CC(CC(CCC)C(CC)C(=O)CC(C)=O)CC3=O)c1)C(=O)CC. The summed E-state index contributed by atoms with van der Waals surface area (Å²) in [5, 5.41) is 0. The number of carbonyl (C=O) groups excluding carboxylic acids is 4. The summed E-state index contributed by atoms with van der Waals surface area (Å²) in [5.41, 5.74) is 7.95. The molecule has 3 rings (SSSR count). The van der Waals surface area contributed by atoms with Crippen LogP contribution in [0.4, 0.5) is 0 Å². The van der Waals surface area contributed by atoms with E-state index >= 15 is 0 Å². The molecule has 44 heavy (non-hydrogen) atoms. The second-order valence-corrected chi connectivity index (χ2v) is 13.3. The molecule has 4 atom stereocenters. The van der Waals surface area contributed by atoms with Crippen LogP contribution in [0.3, 0.4) is 0 Å². The number of hydrogen-bond acceptors (Lipinski definition) is 4. The summed E-state index contributed by atoms with van der Waals surface area (Å²) < 4.78 is 0. The highest BCUT2D eigenvalue weighted by Gasteiger charge is 2.34. The molecule has 0 radical (unpaired) electrons. The number of ketones is 4. The van der Waals surface area contributed by atoms with Crippen molar-refractivity contribution in [2.45, 2.75) is 132 Å². The Morgan fingerprint density at radius 3 is 2.20 bits per heavy atom. The van der Waals surface area contributed by atoms with Gasteiger partial charge in [0, 0.05) is 30.2 Å². The van der Waals surface area contributed by atoms with E-state index in [4.69, 9.17) is 0 Å². The van der Waals surface area contributed by atoms with Crippen LogP contribution in [-0.2, 0) is 33.6 Å². The minimum atomic E-state index is -0.133. The van der Waals surface area contributed by atoms with Crippen LogP contribution in [0.25, 0.3) is 11.1 Å². The van der Waals surface area contributed by atoms with Crippen LogP contribution in [0.15, 0.2) is 30.3 Å². The minimum absolute atomic E-state index is 0.0103. The third-order valence-electron chi connectivity index (χ3n) is 9.98. The minimum Gasteiger partial charge on any atom is -0.300 e. The highest BCUT2D eigenvalue weighted by Crippen LogP contribution is 2.41. The van der Waals surface area contributed by atoms with E-state index in [9.17, 15) is 19.2 Å². The molecule has 2 aromatic rings. The van der Waals surface area contributed by atoms with Gasteiger partial charge in [-0.2, -0.15) is 0 Å². The van der Waals surface area contributed by atoms with Crippen molar-refractivity contribution < 1.29 is 19.2 Å².